The number of para-hydroxylation sites is 1. The second kappa shape index (κ2) is 5.78. The first kappa shape index (κ1) is 14.8. The van der Waals surface area contributed by atoms with E-state index in [1.54, 1.807) is 0 Å². The third kappa shape index (κ3) is 2.27. The molecule has 4 aromatic carbocycles. The van der Waals surface area contributed by atoms with E-state index in [4.69, 9.17) is 10.2 Å². The Kier molecular flexibility index (Phi) is 3.29. The average molecular weight is 335 g/mol. The molecular weight excluding hydrogens is 318 g/mol. The molecule has 2 heteroatoms. The standard InChI is InChI=1S/C24H17NO/c25-24-19(14-15-22-23(24)20-8-4-5-9-21(20)26-22)18-12-10-17(11-13-18)16-6-2-1-3-7-16/h1-15H,25H2. The van der Waals surface area contributed by atoms with Gasteiger partial charge >= 0.3 is 0 Å². The Morgan fingerprint density at radius 1 is 0.538 bits per heavy atom. The zero-order valence-corrected chi connectivity index (χ0v) is 14.1. The molecule has 26 heavy (non-hydrogen) atoms. The molecule has 1 heterocycles. The van der Waals surface area contributed by atoms with Crippen LogP contribution in [-0.2, 0) is 0 Å². The van der Waals surface area contributed by atoms with Crippen LogP contribution < -0.4 is 5.73 Å². The smallest absolute Gasteiger partial charge is 0.137 e. The summed E-state index contributed by atoms with van der Waals surface area (Å²) in [5, 5.41) is 2.05. The van der Waals surface area contributed by atoms with Gasteiger partial charge in [-0.25, -0.2) is 0 Å². The number of furan rings is 1. The number of nitrogen functional groups attached to an aromatic ring is 1. The molecule has 0 aliphatic rings. The molecule has 5 aromatic rings. The molecule has 0 spiro atoms. The lowest BCUT2D eigenvalue weighted by atomic mass is 9.97. The number of nitrogens with two attached hydrogens (primary N) is 1. The van der Waals surface area contributed by atoms with Crippen molar-refractivity contribution in [3.05, 3.63) is 91.0 Å². The zero-order valence-electron chi connectivity index (χ0n) is 14.1. The van der Waals surface area contributed by atoms with Crippen LogP contribution in [0.25, 0.3) is 44.2 Å². The molecule has 0 unspecified atom stereocenters. The van der Waals surface area contributed by atoms with Crippen molar-refractivity contribution < 1.29 is 4.42 Å². The van der Waals surface area contributed by atoms with Gasteiger partial charge in [0.25, 0.3) is 0 Å². The van der Waals surface area contributed by atoms with E-state index in [1.807, 2.05) is 36.4 Å². The highest BCUT2D eigenvalue weighted by Gasteiger charge is 2.13. The molecule has 0 saturated carbocycles. The highest BCUT2D eigenvalue weighted by atomic mass is 16.3. The van der Waals surface area contributed by atoms with E-state index in [-0.39, 0.29) is 0 Å². The highest BCUT2D eigenvalue weighted by molar-refractivity contribution is 6.14. The van der Waals surface area contributed by atoms with Crippen molar-refractivity contribution >= 4 is 27.6 Å². The number of rotatable bonds is 2. The Bertz CT molecular complexity index is 1220. The molecule has 2 nitrogen and oxygen atoms in total. The minimum atomic E-state index is 0.764. The predicted octanol–water partition coefficient (Wildman–Crippen LogP) is 6.50. The van der Waals surface area contributed by atoms with E-state index in [2.05, 4.69) is 54.6 Å². The molecule has 0 fully saturated rings. The fraction of sp³-hybridized carbons (Fsp3) is 0. The molecule has 1 aromatic heterocycles. The van der Waals surface area contributed by atoms with Crippen molar-refractivity contribution in [3.63, 3.8) is 0 Å². The summed E-state index contributed by atoms with van der Waals surface area (Å²) in [5.74, 6) is 0. The number of hydrogen-bond donors (Lipinski definition) is 1. The fourth-order valence-electron chi connectivity index (χ4n) is 3.57. The molecule has 2 N–H and O–H groups in total. The summed E-state index contributed by atoms with van der Waals surface area (Å²) in [6, 6.07) is 31.0. The second-order valence-corrected chi connectivity index (χ2v) is 6.44. The van der Waals surface area contributed by atoms with Gasteiger partial charge < -0.3 is 10.2 Å². The van der Waals surface area contributed by atoms with Crippen LogP contribution in [0.4, 0.5) is 5.69 Å². The largest absolute Gasteiger partial charge is 0.456 e. The lowest BCUT2D eigenvalue weighted by molar-refractivity contribution is 0.669. The summed E-state index contributed by atoms with van der Waals surface area (Å²) in [7, 11) is 0. The van der Waals surface area contributed by atoms with Crippen LogP contribution in [0, 0.1) is 0 Å². The van der Waals surface area contributed by atoms with Gasteiger partial charge in [-0.05, 0) is 34.9 Å². The van der Waals surface area contributed by atoms with Crippen LogP contribution in [0.1, 0.15) is 0 Å². The van der Waals surface area contributed by atoms with E-state index in [9.17, 15) is 0 Å². The van der Waals surface area contributed by atoms with Crippen molar-refractivity contribution in [2.75, 3.05) is 5.73 Å². The van der Waals surface area contributed by atoms with Gasteiger partial charge in [0.15, 0.2) is 0 Å². The van der Waals surface area contributed by atoms with Crippen LogP contribution in [0.15, 0.2) is 95.4 Å². The number of anilines is 1. The number of hydrogen-bond acceptors (Lipinski definition) is 2. The molecule has 0 atom stereocenters. The Hall–Kier alpha value is -3.52. The van der Waals surface area contributed by atoms with Crippen molar-refractivity contribution in [1.82, 2.24) is 0 Å². The maximum atomic E-state index is 6.55. The summed E-state index contributed by atoms with van der Waals surface area (Å²) >= 11 is 0. The zero-order chi connectivity index (χ0) is 17.5. The third-order valence-electron chi connectivity index (χ3n) is 4.89. The van der Waals surface area contributed by atoms with Gasteiger partial charge in [0.1, 0.15) is 11.2 Å². The van der Waals surface area contributed by atoms with Gasteiger partial charge in [0.2, 0.25) is 0 Å². The van der Waals surface area contributed by atoms with E-state index < -0.39 is 0 Å². The van der Waals surface area contributed by atoms with Crippen molar-refractivity contribution in [3.8, 4) is 22.3 Å². The molecule has 5 rings (SSSR count). The van der Waals surface area contributed by atoms with Crippen molar-refractivity contribution in [2.45, 2.75) is 0 Å². The topological polar surface area (TPSA) is 39.2 Å². The number of fused-ring (bicyclic) bond motifs is 3. The summed E-state index contributed by atoms with van der Waals surface area (Å²) in [5.41, 5.74) is 13.6. The predicted molar refractivity (Wildman–Crippen MR) is 109 cm³/mol. The van der Waals surface area contributed by atoms with E-state index in [0.29, 0.717) is 0 Å². The first-order valence-electron chi connectivity index (χ1n) is 8.67. The SMILES string of the molecule is Nc1c(-c2ccc(-c3ccccc3)cc2)ccc2oc3ccccc3c12. The molecule has 0 radical (unpaired) electrons. The van der Waals surface area contributed by atoms with Crippen LogP contribution in [0.5, 0.6) is 0 Å². The van der Waals surface area contributed by atoms with E-state index in [0.717, 1.165) is 38.8 Å². The summed E-state index contributed by atoms with van der Waals surface area (Å²) in [6.45, 7) is 0. The van der Waals surface area contributed by atoms with E-state index in [1.165, 1.54) is 11.1 Å². The lowest BCUT2D eigenvalue weighted by Gasteiger charge is -2.08. The average Bonchev–Trinajstić information content (AvgIpc) is 3.09. The van der Waals surface area contributed by atoms with Gasteiger partial charge in [-0.2, -0.15) is 0 Å². The fourth-order valence-corrected chi connectivity index (χ4v) is 3.57. The Morgan fingerprint density at radius 2 is 1.19 bits per heavy atom. The van der Waals surface area contributed by atoms with Crippen LogP contribution >= 0.6 is 0 Å². The number of benzene rings is 4. The summed E-state index contributed by atoms with van der Waals surface area (Å²) < 4.78 is 5.92. The first-order valence-corrected chi connectivity index (χ1v) is 8.67. The minimum absolute atomic E-state index is 0.764. The Morgan fingerprint density at radius 3 is 2.00 bits per heavy atom. The normalized spacial score (nSPS) is 11.2. The molecule has 0 saturated heterocycles. The van der Waals surface area contributed by atoms with Crippen LogP contribution in [0.2, 0.25) is 0 Å². The summed E-state index contributed by atoms with van der Waals surface area (Å²) in [6.07, 6.45) is 0. The molecular formula is C24H17NO. The van der Waals surface area contributed by atoms with Gasteiger partial charge in [0.05, 0.1) is 11.1 Å². The second-order valence-electron chi connectivity index (χ2n) is 6.44. The van der Waals surface area contributed by atoms with E-state index >= 15 is 0 Å². The molecule has 0 amide bonds. The molecule has 0 bridgehead atoms. The third-order valence-corrected chi connectivity index (χ3v) is 4.89. The lowest BCUT2D eigenvalue weighted by Crippen LogP contribution is -1.91. The quantitative estimate of drug-likeness (QED) is 0.374. The first-order chi connectivity index (χ1) is 12.8. The monoisotopic (exact) mass is 335 g/mol. The highest BCUT2D eigenvalue weighted by Crippen LogP contribution is 2.38. The molecule has 0 aliphatic carbocycles. The maximum absolute atomic E-state index is 6.55. The van der Waals surface area contributed by atoms with Gasteiger partial charge in [-0.1, -0.05) is 72.8 Å². The summed E-state index contributed by atoms with van der Waals surface area (Å²) in [4.78, 5) is 0. The van der Waals surface area contributed by atoms with Gasteiger partial charge in [0, 0.05) is 10.9 Å². The van der Waals surface area contributed by atoms with Crippen molar-refractivity contribution in [1.29, 1.82) is 0 Å². The van der Waals surface area contributed by atoms with Gasteiger partial charge in [-0.15, -0.1) is 0 Å². The minimum Gasteiger partial charge on any atom is -0.456 e. The van der Waals surface area contributed by atoms with Crippen LogP contribution in [0.3, 0.4) is 0 Å². The maximum Gasteiger partial charge on any atom is 0.137 e. The Balaban J connectivity index is 1.65. The van der Waals surface area contributed by atoms with Crippen molar-refractivity contribution in [2.24, 2.45) is 0 Å². The Labute approximate surface area is 151 Å². The molecule has 124 valence electrons. The van der Waals surface area contributed by atoms with Gasteiger partial charge in [-0.3, -0.25) is 0 Å². The van der Waals surface area contributed by atoms with Crippen LogP contribution in [-0.4, -0.2) is 0 Å². The molecule has 0 aliphatic heterocycles.